The first kappa shape index (κ1) is 15.7. The summed E-state index contributed by atoms with van der Waals surface area (Å²) in [5.41, 5.74) is 1.83. The maximum atomic E-state index is 13.8. The van der Waals surface area contributed by atoms with Crippen LogP contribution in [-0.4, -0.2) is 10.9 Å². The van der Waals surface area contributed by atoms with Crippen molar-refractivity contribution in [2.24, 2.45) is 0 Å². The summed E-state index contributed by atoms with van der Waals surface area (Å²) in [7, 11) is 0. The second-order valence-corrected chi connectivity index (χ2v) is 6.05. The largest absolute Gasteiger partial charge is 0.349 e. The molecule has 4 nitrogen and oxygen atoms in total. The average Bonchev–Trinajstić information content (AvgIpc) is 2.51. The molecule has 1 aliphatic carbocycles. The third-order valence-corrected chi connectivity index (χ3v) is 4.42. The Balaban J connectivity index is 1.76. The molecule has 0 bridgehead atoms. The third-order valence-electron chi connectivity index (χ3n) is 4.07. The SMILES string of the molecule is O=C(Cc1c(F)cccc1Cl)NC1CCCc2[nH]c(=O)ccc21. The lowest BCUT2D eigenvalue weighted by atomic mass is 9.91. The molecule has 6 heteroatoms. The fraction of sp³-hybridized carbons (Fsp3) is 0.294. The molecule has 1 amide bonds. The normalized spacial score (nSPS) is 16.7. The number of aromatic nitrogens is 1. The summed E-state index contributed by atoms with van der Waals surface area (Å²) in [5, 5.41) is 3.16. The van der Waals surface area contributed by atoms with E-state index in [1.165, 1.54) is 18.2 Å². The highest BCUT2D eigenvalue weighted by molar-refractivity contribution is 6.31. The van der Waals surface area contributed by atoms with E-state index in [-0.39, 0.29) is 34.5 Å². The van der Waals surface area contributed by atoms with Gasteiger partial charge < -0.3 is 10.3 Å². The van der Waals surface area contributed by atoms with Crippen LogP contribution in [0.1, 0.15) is 35.7 Å². The predicted molar refractivity (Wildman–Crippen MR) is 86.0 cm³/mol. The van der Waals surface area contributed by atoms with Crippen LogP contribution in [0.5, 0.6) is 0 Å². The third kappa shape index (κ3) is 3.45. The van der Waals surface area contributed by atoms with Gasteiger partial charge in [0.2, 0.25) is 11.5 Å². The number of benzene rings is 1. The van der Waals surface area contributed by atoms with E-state index in [0.717, 1.165) is 30.5 Å². The quantitative estimate of drug-likeness (QED) is 0.906. The Hall–Kier alpha value is -2.14. The van der Waals surface area contributed by atoms with Gasteiger partial charge in [0, 0.05) is 22.3 Å². The van der Waals surface area contributed by atoms with E-state index in [1.54, 1.807) is 12.1 Å². The number of fused-ring (bicyclic) bond motifs is 1. The number of halogens is 2. The van der Waals surface area contributed by atoms with Crippen molar-refractivity contribution in [3.8, 4) is 0 Å². The van der Waals surface area contributed by atoms with Gasteiger partial charge in [0.25, 0.3) is 0 Å². The number of H-pyrrole nitrogens is 1. The molecule has 1 atom stereocenters. The van der Waals surface area contributed by atoms with Gasteiger partial charge in [-0.05, 0) is 43.0 Å². The van der Waals surface area contributed by atoms with E-state index in [2.05, 4.69) is 10.3 Å². The van der Waals surface area contributed by atoms with Gasteiger partial charge in [-0.2, -0.15) is 0 Å². The number of amides is 1. The fourth-order valence-electron chi connectivity index (χ4n) is 2.96. The van der Waals surface area contributed by atoms with Gasteiger partial charge in [0.1, 0.15) is 5.82 Å². The molecule has 23 heavy (non-hydrogen) atoms. The monoisotopic (exact) mass is 334 g/mol. The second kappa shape index (κ2) is 6.54. The van der Waals surface area contributed by atoms with Crippen LogP contribution in [0.2, 0.25) is 5.02 Å². The van der Waals surface area contributed by atoms with Gasteiger partial charge in [-0.15, -0.1) is 0 Å². The minimum absolute atomic E-state index is 0.110. The van der Waals surface area contributed by atoms with Crippen LogP contribution >= 0.6 is 11.6 Å². The molecule has 0 radical (unpaired) electrons. The van der Waals surface area contributed by atoms with Gasteiger partial charge in [0.15, 0.2) is 0 Å². The van der Waals surface area contributed by atoms with Crippen molar-refractivity contribution in [3.05, 3.63) is 68.3 Å². The van der Waals surface area contributed by atoms with Gasteiger partial charge >= 0.3 is 0 Å². The molecule has 1 heterocycles. The summed E-state index contributed by atoms with van der Waals surface area (Å²) < 4.78 is 13.8. The highest BCUT2D eigenvalue weighted by Gasteiger charge is 2.23. The summed E-state index contributed by atoms with van der Waals surface area (Å²) in [6, 6.07) is 7.38. The topological polar surface area (TPSA) is 62.0 Å². The van der Waals surface area contributed by atoms with Gasteiger partial charge in [-0.25, -0.2) is 4.39 Å². The molecule has 0 spiro atoms. The number of hydrogen-bond acceptors (Lipinski definition) is 2. The molecular weight excluding hydrogens is 319 g/mol. The summed E-state index contributed by atoms with van der Waals surface area (Å²) >= 11 is 5.96. The molecule has 1 aliphatic rings. The summed E-state index contributed by atoms with van der Waals surface area (Å²) in [6.07, 6.45) is 2.34. The van der Waals surface area contributed by atoms with E-state index in [4.69, 9.17) is 11.6 Å². The van der Waals surface area contributed by atoms with Crippen molar-refractivity contribution in [2.75, 3.05) is 0 Å². The number of nitrogens with one attached hydrogen (secondary N) is 2. The van der Waals surface area contributed by atoms with Crippen LogP contribution < -0.4 is 10.9 Å². The first-order chi connectivity index (χ1) is 11.0. The van der Waals surface area contributed by atoms with Gasteiger partial charge in [0.05, 0.1) is 12.5 Å². The van der Waals surface area contributed by atoms with Crippen LogP contribution in [-0.2, 0) is 17.6 Å². The molecule has 0 saturated carbocycles. The smallest absolute Gasteiger partial charge is 0.248 e. The molecule has 120 valence electrons. The Bertz CT molecular complexity index is 783. The summed E-state index contributed by atoms with van der Waals surface area (Å²) in [6.45, 7) is 0. The number of hydrogen-bond donors (Lipinski definition) is 2. The number of rotatable bonds is 3. The molecule has 0 fully saturated rings. The van der Waals surface area contributed by atoms with Gasteiger partial charge in [-0.3, -0.25) is 9.59 Å². The average molecular weight is 335 g/mol. The maximum Gasteiger partial charge on any atom is 0.248 e. The van der Waals surface area contributed by atoms with E-state index in [0.29, 0.717) is 0 Å². The molecular formula is C17H16ClFN2O2. The van der Waals surface area contributed by atoms with Crippen LogP contribution in [0.3, 0.4) is 0 Å². The summed E-state index contributed by atoms with van der Waals surface area (Å²) in [5.74, 6) is -0.776. The number of pyridine rings is 1. The second-order valence-electron chi connectivity index (χ2n) is 5.65. The van der Waals surface area contributed by atoms with Crippen molar-refractivity contribution in [1.82, 2.24) is 10.3 Å². The molecule has 1 aromatic heterocycles. The van der Waals surface area contributed by atoms with Crippen LogP contribution in [0.25, 0.3) is 0 Å². The van der Waals surface area contributed by atoms with E-state index in [9.17, 15) is 14.0 Å². The van der Waals surface area contributed by atoms with Crippen molar-refractivity contribution >= 4 is 17.5 Å². The van der Waals surface area contributed by atoms with Crippen molar-refractivity contribution in [1.29, 1.82) is 0 Å². The van der Waals surface area contributed by atoms with E-state index < -0.39 is 5.82 Å². The highest BCUT2D eigenvalue weighted by Crippen LogP contribution is 2.28. The van der Waals surface area contributed by atoms with Crippen molar-refractivity contribution in [3.63, 3.8) is 0 Å². The molecule has 1 aromatic carbocycles. The van der Waals surface area contributed by atoms with E-state index >= 15 is 0 Å². The fourth-order valence-corrected chi connectivity index (χ4v) is 3.19. The van der Waals surface area contributed by atoms with Crippen molar-refractivity contribution < 1.29 is 9.18 Å². The summed E-state index contributed by atoms with van der Waals surface area (Å²) in [4.78, 5) is 26.5. The molecule has 1 unspecified atom stereocenters. The Morgan fingerprint density at radius 2 is 2.17 bits per heavy atom. The zero-order valence-corrected chi connectivity index (χ0v) is 13.1. The Morgan fingerprint density at radius 3 is 2.96 bits per heavy atom. The predicted octanol–water partition coefficient (Wildman–Crippen LogP) is 2.90. The molecule has 2 N–H and O–H groups in total. The Labute approximate surface area is 137 Å². The zero-order valence-electron chi connectivity index (χ0n) is 12.4. The maximum absolute atomic E-state index is 13.8. The standard InChI is InChI=1S/C17H16ClFN2O2/c18-12-3-1-4-13(19)11(12)9-17(23)21-15-6-2-5-14-10(15)7-8-16(22)20-14/h1,3-4,7-8,15H,2,5-6,9H2,(H,20,22)(H,21,23). The minimum atomic E-state index is -0.485. The Kier molecular flexibility index (Phi) is 4.48. The zero-order chi connectivity index (χ0) is 16.4. The molecule has 3 rings (SSSR count). The van der Waals surface area contributed by atoms with Crippen LogP contribution in [0.4, 0.5) is 4.39 Å². The minimum Gasteiger partial charge on any atom is -0.349 e. The molecule has 0 aliphatic heterocycles. The molecule has 0 saturated heterocycles. The lowest BCUT2D eigenvalue weighted by Crippen LogP contribution is -2.33. The van der Waals surface area contributed by atoms with Crippen LogP contribution in [0.15, 0.2) is 35.1 Å². The molecule has 2 aromatic rings. The van der Waals surface area contributed by atoms with Crippen LogP contribution in [0, 0.1) is 5.82 Å². The first-order valence-electron chi connectivity index (χ1n) is 7.49. The van der Waals surface area contributed by atoms with Crippen molar-refractivity contribution in [2.45, 2.75) is 31.7 Å². The lowest BCUT2D eigenvalue weighted by molar-refractivity contribution is -0.121. The highest BCUT2D eigenvalue weighted by atomic mass is 35.5. The first-order valence-corrected chi connectivity index (χ1v) is 7.87. The number of carbonyl (C=O) groups is 1. The number of aryl methyl sites for hydroxylation is 1. The number of carbonyl (C=O) groups excluding carboxylic acids is 1. The lowest BCUT2D eigenvalue weighted by Gasteiger charge is -2.26. The Morgan fingerprint density at radius 1 is 1.35 bits per heavy atom. The van der Waals surface area contributed by atoms with E-state index in [1.807, 2.05) is 0 Å². The number of aromatic amines is 1. The van der Waals surface area contributed by atoms with Gasteiger partial charge in [-0.1, -0.05) is 17.7 Å².